The molecule has 0 radical (unpaired) electrons. The van der Waals surface area contributed by atoms with Crippen LogP contribution in [0.5, 0.6) is 0 Å². The van der Waals surface area contributed by atoms with E-state index in [0.717, 1.165) is 12.8 Å². The Morgan fingerprint density at radius 3 is 2.17 bits per heavy atom. The van der Waals surface area contributed by atoms with Crippen molar-refractivity contribution in [2.45, 2.75) is 38.5 Å². The number of nitrogens with zero attached hydrogens (tertiary/aromatic N) is 2. The summed E-state index contributed by atoms with van der Waals surface area (Å²) in [5.74, 6) is -1.04. The first-order chi connectivity index (χ1) is 13.7. The van der Waals surface area contributed by atoms with E-state index in [9.17, 15) is 23.1 Å². The summed E-state index contributed by atoms with van der Waals surface area (Å²) in [6.07, 6.45) is 2.96. The second-order valence-electron chi connectivity index (χ2n) is 6.57. The Morgan fingerprint density at radius 1 is 1.10 bits per heavy atom. The van der Waals surface area contributed by atoms with Crippen molar-refractivity contribution >= 4 is 33.3 Å². The maximum absolute atomic E-state index is 12.6. The quantitative estimate of drug-likeness (QED) is 0.567. The van der Waals surface area contributed by atoms with Gasteiger partial charge in [0.25, 0.3) is 10.0 Å². The number of sulfonamides is 1. The van der Waals surface area contributed by atoms with E-state index in [-0.39, 0.29) is 21.9 Å². The number of ketones is 1. The Bertz CT molecular complexity index is 982. The molecule has 9 heteroatoms. The number of aromatic carboxylic acids is 1. The fourth-order valence-electron chi connectivity index (χ4n) is 2.87. The van der Waals surface area contributed by atoms with Crippen molar-refractivity contribution in [3.8, 4) is 0 Å². The zero-order chi connectivity index (χ0) is 21.6. The number of carboxylic acid groups (broad SMARTS) is 1. The van der Waals surface area contributed by atoms with Crippen molar-refractivity contribution < 1.29 is 23.1 Å². The second-order valence-corrected chi connectivity index (χ2v) is 8.26. The summed E-state index contributed by atoms with van der Waals surface area (Å²) in [6, 6.07) is 6.76. The molecule has 0 spiro atoms. The first kappa shape index (κ1) is 22.4. The molecule has 29 heavy (non-hydrogen) atoms. The summed E-state index contributed by atoms with van der Waals surface area (Å²) in [5.41, 5.74) is 0.379. The van der Waals surface area contributed by atoms with Crippen molar-refractivity contribution in [3.05, 3.63) is 47.7 Å². The van der Waals surface area contributed by atoms with E-state index in [1.54, 1.807) is 0 Å². The third-order valence-corrected chi connectivity index (χ3v) is 5.60. The standard InChI is InChI=1S/C20H25N3O5S/c1-4-10-23(11-5-2)19-18(20(25)26)12-16(13-21-19)22-29(27,28)17-8-6-15(7-9-17)14(3)24/h6-9,12-13,22H,4-5,10-11H2,1-3H3,(H,25,26). The largest absolute Gasteiger partial charge is 0.478 e. The molecule has 1 heterocycles. The minimum atomic E-state index is -3.96. The normalized spacial score (nSPS) is 11.1. The van der Waals surface area contributed by atoms with Gasteiger partial charge in [0, 0.05) is 18.7 Å². The second kappa shape index (κ2) is 9.51. The third-order valence-electron chi connectivity index (χ3n) is 4.21. The smallest absolute Gasteiger partial charge is 0.339 e. The van der Waals surface area contributed by atoms with Gasteiger partial charge in [0.1, 0.15) is 11.4 Å². The molecule has 1 aromatic carbocycles. The molecule has 0 bridgehead atoms. The van der Waals surface area contributed by atoms with Crippen molar-refractivity contribution in [1.29, 1.82) is 0 Å². The molecule has 2 N–H and O–H groups in total. The zero-order valence-electron chi connectivity index (χ0n) is 16.7. The highest BCUT2D eigenvalue weighted by molar-refractivity contribution is 7.92. The van der Waals surface area contributed by atoms with Crippen LogP contribution >= 0.6 is 0 Å². The summed E-state index contributed by atoms with van der Waals surface area (Å²) in [6.45, 7) is 6.66. The third kappa shape index (κ3) is 5.54. The van der Waals surface area contributed by atoms with Gasteiger partial charge in [-0.1, -0.05) is 26.0 Å². The Labute approximate surface area is 170 Å². The number of benzene rings is 1. The van der Waals surface area contributed by atoms with Crippen LogP contribution in [0.15, 0.2) is 41.4 Å². The van der Waals surface area contributed by atoms with Gasteiger partial charge in [-0.25, -0.2) is 18.2 Å². The van der Waals surface area contributed by atoms with Gasteiger partial charge in [-0.05, 0) is 38.0 Å². The lowest BCUT2D eigenvalue weighted by Crippen LogP contribution is -2.28. The Balaban J connectivity index is 2.36. The number of carboxylic acids is 1. The predicted molar refractivity (Wildman–Crippen MR) is 111 cm³/mol. The molecular formula is C20H25N3O5S. The van der Waals surface area contributed by atoms with Gasteiger partial charge in [-0.3, -0.25) is 9.52 Å². The van der Waals surface area contributed by atoms with Crippen LogP contribution in [-0.2, 0) is 10.0 Å². The van der Waals surface area contributed by atoms with Gasteiger partial charge < -0.3 is 10.0 Å². The molecule has 0 saturated carbocycles. The van der Waals surface area contributed by atoms with E-state index in [1.807, 2.05) is 18.7 Å². The van der Waals surface area contributed by atoms with E-state index >= 15 is 0 Å². The number of nitrogens with one attached hydrogen (secondary N) is 1. The molecule has 156 valence electrons. The van der Waals surface area contributed by atoms with Gasteiger partial charge in [0.2, 0.25) is 0 Å². The van der Waals surface area contributed by atoms with Crippen LogP contribution in [0.2, 0.25) is 0 Å². The van der Waals surface area contributed by atoms with Crippen LogP contribution in [0.25, 0.3) is 0 Å². The van der Waals surface area contributed by atoms with Crippen LogP contribution in [0.4, 0.5) is 11.5 Å². The van der Waals surface area contributed by atoms with E-state index < -0.39 is 16.0 Å². The van der Waals surface area contributed by atoms with Crippen LogP contribution in [-0.4, -0.2) is 43.4 Å². The number of carbonyl (C=O) groups excluding carboxylic acids is 1. The number of Topliss-reactive ketones (excluding diaryl/α,β-unsaturated/α-hetero) is 1. The Hall–Kier alpha value is -2.94. The fourth-order valence-corrected chi connectivity index (χ4v) is 3.90. The average molecular weight is 420 g/mol. The number of pyridine rings is 1. The van der Waals surface area contributed by atoms with Crippen molar-refractivity contribution in [1.82, 2.24) is 4.98 Å². The summed E-state index contributed by atoms with van der Waals surface area (Å²) < 4.78 is 27.6. The highest BCUT2D eigenvalue weighted by atomic mass is 32.2. The Morgan fingerprint density at radius 2 is 1.69 bits per heavy atom. The Kier molecular flexibility index (Phi) is 7.33. The van der Waals surface area contributed by atoms with Gasteiger partial charge in [-0.15, -0.1) is 0 Å². The predicted octanol–water partition coefficient (Wildman–Crippen LogP) is 3.41. The minimum absolute atomic E-state index is 0.0398. The van der Waals surface area contributed by atoms with Crippen LogP contribution in [0.1, 0.15) is 54.3 Å². The van der Waals surface area contributed by atoms with Crippen LogP contribution < -0.4 is 9.62 Å². The lowest BCUT2D eigenvalue weighted by molar-refractivity contribution is 0.0697. The van der Waals surface area contributed by atoms with E-state index in [2.05, 4.69) is 9.71 Å². The molecule has 8 nitrogen and oxygen atoms in total. The number of hydrogen-bond donors (Lipinski definition) is 2. The molecule has 0 aliphatic heterocycles. The lowest BCUT2D eigenvalue weighted by Gasteiger charge is -2.24. The van der Waals surface area contributed by atoms with E-state index in [4.69, 9.17) is 0 Å². The topological polar surface area (TPSA) is 117 Å². The maximum atomic E-state index is 12.6. The highest BCUT2D eigenvalue weighted by Crippen LogP contribution is 2.24. The van der Waals surface area contributed by atoms with Gasteiger partial charge in [0.15, 0.2) is 5.78 Å². The molecule has 2 rings (SSSR count). The molecular weight excluding hydrogens is 394 g/mol. The van der Waals surface area contributed by atoms with E-state index in [1.165, 1.54) is 43.5 Å². The average Bonchev–Trinajstić information content (AvgIpc) is 2.67. The number of rotatable bonds is 10. The SMILES string of the molecule is CCCN(CCC)c1ncc(NS(=O)(=O)c2ccc(C(C)=O)cc2)cc1C(=O)O. The molecule has 1 aromatic heterocycles. The molecule has 0 amide bonds. The van der Waals surface area contributed by atoms with Crippen LogP contribution in [0.3, 0.4) is 0 Å². The van der Waals surface area contributed by atoms with Crippen LogP contribution in [0, 0.1) is 0 Å². The summed E-state index contributed by atoms with van der Waals surface area (Å²) in [7, 11) is -3.96. The monoisotopic (exact) mass is 419 g/mol. The highest BCUT2D eigenvalue weighted by Gasteiger charge is 2.20. The van der Waals surface area contributed by atoms with Crippen molar-refractivity contribution in [2.24, 2.45) is 0 Å². The van der Waals surface area contributed by atoms with Gasteiger partial charge >= 0.3 is 5.97 Å². The molecule has 0 unspecified atom stereocenters. The van der Waals surface area contributed by atoms with E-state index in [0.29, 0.717) is 24.5 Å². The summed E-state index contributed by atoms with van der Waals surface area (Å²) in [5, 5.41) is 9.60. The molecule has 0 atom stereocenters. The number of anilines is 2. The lowest BCUT2D eigenvalue weighted by atomic mass is 10.2. The minimum Gasteiger partial charge on any atom is -0.478 e. The fraction of sp³-hybridized carbons (Fsp3) is 0.350. The molecule has 0 aliphatic rings. The first-order valence-corrected chi connectivity index (χ1v) is 10.8. The number of hydrogen-bond acceptors (Lipinski definition) is 6. The summed E-state index contributed by atoms with van der Waals surface area (Å²) >= 11 is 0. The van der Waals surface area contributed by atoms with Gasteiger partial charge in [0.05, 0.1) is 16.8 Å². The molecule has 0 aliphatic carbocycles. The molecule has 0 saturated heterocycles. The first-order valence-electron chi connectivity index (χ1n) is 9.31. The zero-order valence-corrected chi connectivity index (χ0v) is 17.5. The van der Waals surface area contributed by atoms with Crippen molar-refractivity contribution in [3.63, 3.8) is 0 Å². The number of carbonyl (C=O) groups is 2. The van der Waals surface area contributed by atoms with Crippen molar-refractivity contribution in [2.75, 3.05) is 22.7 Å². The number of aromatic nitrogens is 1. The van der Waals surface area contributed by atoms with Gasteiger partial charge in [-0.2, -0.15) is 0 Å². The molecule has 0 fully saturated rings. The molecule has 2 aromatic rings. The maximum Gasteiger partial charge on any atom is 0.339 e. The summed E-state index contributed by atoms with van der Waals surface area (Å²) in [4.78, 5) is 29.2.